The summed E-state index contributed by atoms with van der Waals surface area (Å²) in [5, 5.41) is 3.53. The summed E-state index contributed by atoms with van der Waals surface area (Å²) in [5.74, 6) is -0.366. The Bertz CT molecular complexity index is 879. The van der Waals surface area contributed by atoms with Gasteiger partial charge in [0.05, 0.1) is 16.3 Å². The van der Waals surface area contributed by atoms with Gasteiger partial charge in [0, 0.05) is 22.7 Å². The highest BCUT2D eigenvalue weighted by molar-refractivity contribution is 6.37. The number of nitrogens with zero attached hydrogens (tertiary/aromatic N) is 1. The number of benzene rings is 1. The summed E-state index contributed by atoms with van der Waals surface area (Å²) in [6, 6.07) is 4.64. The summed E-state index contributed by atoms with van der Waals surface area (Å²) >= 11 is 11.9. The standard InChI is InChI=1S/C19H16Cl2N2O2/c1-10(2)15-9-18(24)23-17-8-12(4-6-13(15)17)22-19(25)14-5-3-11(20)7-16(14)21/h3-10,13H,1-2H3,(H,23,24). The summed E-state index contributed by atoms with van der Waals surface area (Å²) in [6.07, 6.45) is 7.08. The number of hydrogen-bond acceptors (Lipinski definition) is 2. The predicted molar refractivity (Wildman–Crippen MR) is 100 cm³/mol. The van der Waals surface area contributed by atoms with Gasteiger partial charge in [-0.2, -0.15) is 0 Å². The van der Waals surface area contributed by atoms with Gasteiger partial charge >= 0.3 is 0 Å². The molecule has 0 aromatic heterocycles. The van der Waals surface area contributed by atoms with E-state index in [1.54, 1.807) is 30.4 Å². The van der Waals surface area contributed by atoms with Gasteiger partial charge in [-0.3, -0.25) is 9.59 Å². The van der Waals surface area contributed by atoms with Gasteiger partial charge in [0.25, 0.3) is 5.91 Å². The molecule has 3 rings (SSSR count). The minimum atomic E-state index is -0.460. The number of amides is 2. The molecule has 1 aliphatic heterocycles. The fraction of sp³-hybridized carbons (Fsp3) is 0.211. The van der Waals surface area contributed by atoms with E-state index in [-0.39, 0.29) is 28.3 Å². The van der Waals surface area contributed by atoms with Gasteiger partial charge < -0.3 is 5.32 Å². The third kappa shape index (κ3) is 3.75. The molecule has 0 bridgehead atoms. The number of rotatable bonds is 2. The zero-order valence-electron chi connectivity index (χ0n) is 13.7. The highest BCUT2D eigenvalue weighted by atomic mass is 35.5. The summed E-state index contributed by atoms with van der Waals surface area (Å²) in [7, 11) is 0. The van der Waals surface area contributed by atoms with Crippen LogP contribution in [0.1, 0.15) is 24.2 Å². The van der Waals surface area contributed by atoms with E-state index in [0.717, 1.165) is 11.3 Å². The maximum absolute atomic E-state index is 12.4. The first kappa shape index (κ1) is 17.6. The van der Waals surface area contributed by atoms with Crippen molar-refractivity contribution in [2.24, 2.45) is 16.8 Å². The fourth-order valence-electron chi connectivity index (χ4n) is 2.86. The van der Waals surface area contributed by atoms with Crippen molar-refractivity contribution in [2.75, 3.05) is 0 Å². The zero-order chi connectivity index (χ0) is 18.1. The van der Waals surface area contributed by atoms with Crippen LogP contribution in [0, 0.1) is 11.8 Å². The molecule has 0 spiro atoms. The van der Waals surface area contributed by atoms with Crippen molar-refractivity contribution in [3.8, 4) is 0 Å². The second-order valence-corrected chi connectivity index (χ2v) is 7.03. The first-order chi connectivity index (χ1) is 11.8. The van der Waals surface area contributed by atoms with E-state index in [0.29, 0.717) is 10.7 Å². The van der Waals surface area contributed by atoms with Crippen LogP contribution in [0.4, 0.5) is 0 Å². The van der Waals surface area contributed by atoms with Crippen molar-refractivity contribution in [3.63, 3.8) is 0 Å². The lowest BCUT2D eigenvalue weighted by Gasteiger charge is -2.29. The Morgan fingerprint density at radius 3 is 2.68 bits per heavy atom. The number of halogens is 2. The largest absolute Gasteiger partial charge is 0.325 e. The summed E-state index contributed by atoms with van der Waals surface area (Å²) in [5.41, 5.74) is 2.51. The van der Waals surface area contributed by atoms with E-state index < -0.39 is 5.91 Å². The molecule has 0 saturated carbocycles. The van der Waals surface area contributed by atoms with E-state index >= 15 is 0 Å². The molecule has 1 unspecified atom stereocenters. The number of nitrogens with one attached hydrogen (secondary N) is 1. The molecule has 128 valence electrons. The van der Waals surface area contributed by atoms with E-state index in [2.05, 4.69) is 10.3 Å². The van der Waals surface area contributed by atoms with Crippen molar-refractivity contribution in [1.82, 2.24) is 5.32 Å². The highest BCUT2D eigenvalue weighted by Gasteiger charge is 2.28. The first-order valence-electron chi connectivity index (χ1n) is 7.85. The molecule has 0 saturated heterocycles. The van der Waals surface area contributed by atoms with Crippen molar-refractivity contribution in [1.29, 1.82) is 0 Å². The predicted octanol–water partition coefficient (Wildman–Crippen LogP) is 4.36. The molecule has 2 amide bonds. The molecule has 0 radical (unpaired) electrons. The minimum Gasteiger partial charge on any atom is -0.325 e. The number of fused-ring (bicyclic) bond motifs is 1. The van der Waals surface area contributed by atoms with Crippen LogP contribution < -0.4 is 5.32 Å². The van der Waals surface area contributed by atoms with Crippen LogP contribution >= 0.6 is 23.2 Å². The summed E-state index contributed by atoms with van der Waals surface area (Å²) < 4.78 is 0. The topological polar surface area (TPSA) is 58.5 Å². The first-order valence-corrected chi connectivity index (χ1v) is 8.61. The number of hydrogen-bond donors (Lipinski definition) is 1. The Balaban J connectivity index is 1.90. The quantitative estimate of drug-likeness (QED) is 0.835. The summed E-state index contributed by atoms with van der Waals surface area (Å²) in [6.45, 7) is 4.09. The monoisotopic (exact) mass is 374 g/mol. The molecule has 1 aromatic carbocycles. The van der Waals surface area contributed by atoms with Gasteiger partial charge in [-0.15, -0.1) is 0 Å². The average Bonchev–Trinajstić information content (AvgIpc) is 2.53. The molecule has 1 atom stereocenters. The van der Waals surface area contributed by atoms with Crippen LogP contribution in [0.3, 0.4) is 0 Å². The molecule has 0 fully saturated rings. The molecule has 1 aromatic rings. The number of allylic oxidation sites excluding steroid dienone is 3. The van der Waals surface area contributed by atoms with Gasteiger partial charge in [0.2, 0.25) is 5.91 Å². The van der Waals surface area contributed by atoms with Crippen LogP contribution in [-0.2, 0) is 4.79 Å². The molecule has 1 aliphatic carbocycles. The molecule has 25 heavy (non-hydrogen) atoms. The third-order valence-electron chi connectivity index (χ3n) is 4.08. The lowest BCUT2D eigenvalue weighted by molar-refractivity contribution is -0.116. The van der Waals surface area contributed by atoms with Gasteiger partial charge in [-0.25, -0.2) is 4.99 Å². The van der Waals surface area contributed by atoms with Crippen molar-refractivity contribution < 1.29 is 9.59 Å². The number of aliphatic imine (C=N–C) groups is 1. The third-order valence-corrected chi connectivity index (χ3v) is 4.63. The van der Waals surface area contributed by atoms with E-state index in [9.17, 15) is 9.59 Å². The van der Waals surface area contributed by atoms with Crippen molar-refractivity contribution >= 4 is 40.7 Å². The van der Waals surface area contributed by atoms with Gasteiger partial charge in [-0.05, 0) is 41.8 Å². The molecular weight excluding hydrogens is 359 g/mol. The number of carbonyl (C=O) groups excluding carboxylic acids is 2. The second kappa shape index (κ2) is 6.98. The molecule has 2 aliphatic rings. The molecule has 1 N–H and O–H groups in total. The Morgan fingerprint density at radius 1 is 1.24 bits per heavy atom. The lowest BCUT2D eigenvalue weighted by Crippen LogP contribution is -2.34. The SMILES string of the molecule is CC(C)C1=CC(=O)NC2=CC(=NC(=O)c3ccc(Cl)cc3Cl)C=CC21. The maximum Gasteiger partial charge on any atom is 0.279 e. The van der Waals surface area contributed by atoms with E-state index in [1.807, 2.05) is 19.9 Å². The Labute approximate surface area is 155 Å². The Hall–Kier alpha value is -2.17. The van der Waals surface area contributed by atoms with Crippen LogP contribution in [-0.4, -0.2) is 17.5 Å². The van der Waals surface area contributed by atoms with Crippen LogP contribution in [0.25, 0.3) is 0 Å². The van der Waals surface area contributed by atoms with Gasteiger partial charge in [0.1, 0.15) is 0 Å². The number of carbonyl (C=O) groups is 2. The molecule has 1 heterocycles. The smallest absolute Gasteiger partial charge is 0.279 e. The normalized spacial score (nSPS) is 20.9. The van der Waals surface area contributed by atoms with Gasteiger partial charge in [0.15, 0.2) is 0 Å². The lowest BCUT2D eigenvalue weighted by atomic mass is 9.82. The highest BCUT2D eigenvalue weighted by Crippen LogP contribution is 2.31. The average molecular weight is 375 g/mol. The molecule has 4 nitrogen and oxygen atoms in total. The fourth-order valence-corrected chi connectivity index (χ4v) is 3.34. The van der Waals surface area contributed by atoms with Crippen LogP contribution in [0.5, 0.6) is 0 Å². The van der Waals surface area contributed by atoms with Crippen LogP contribution in [0.2, 0.25) is 10.0 Å². The Kier molecular flexibility index (Phi) is 4.93. The van der Waals surface area contributed by atoms with Crippen molar-refractivity contribution in [3.05, 3.63) is 69.4 Å². The van der Waals surface area contributed by atoms with E-state index in [1.165, 1.54) is 6.07 Å². The van der Waals surface area contributed by atoms with Gasteiger partial charge in [-0.1, -0.05) is 43.1 Å². The minimum absolute atomic E-state index is 0.00544. The maximum atomic E-state index is 12.4. The molecular formula is C19H16Cl2N2O2. The zero-order valence-corrected chi connectivity index (χ0v) is 15.2. The summed E-state index contributed by atoms with van der Waals surface area (Å²) in [4.78, 5) is 28.3. The Morgan fingerprint density at radius 2 is 2.00 bits per heavy atom. The molecule has 6 heteroatoms. The van der Waals surface area contributed by atoms with E-state index in [4.69, 9.17) is 23.2 Å². The second-order valence-electron chi connectivity index (χ2n) is 6.19. The van der Waals surface area contributed by atoms with Crippen LogP contribution in [0.15, 0.2) is 58.8 Å². The van der Waals surface area contributed by atoms with Crippen molar-refractivity contribution in [2.45, 2.75) is 13.8 Å².